The molecule has 1 aromatic carbocycles. The molecular weight excluding hydrogens is 282 g/mol. The van der Waals surface area contributed by atoms with E-state index in [1.807, 2.05) is 6.92 Å². The number of hydrogen-bond acceptors (Lipinski definition) is 4. The fourth-order valence-corrected chi connectivity index (χ4v) is 2.35. The molecule has 2 aromatic rings. The molecule has 3 amide bonds. The van der Waals surface area contributed by atoms with Crippen molar-refractivity contribution < 1.29 is 14.4 Å². The highest BCUT2D eigenvalue weighted by Gasteiger charge is 2.36. The van der Waals surface area contributed by atoms with Gasteiger partial charge in [0.05, 0.1) is 23.0 Å². The Kier molecular flexibility index (Phi) is 3.42. The highest BCUT2D eigenvalue weighted by atomic mass is 16.2. The van der Waals surface area contributed by atoms with Crippen LogP contribution < -0.4 is 5.32 Å². The van der Waals surface area contributed by atoms with Gasteiger partial charge in [-0.15, -0.1) is 0 Å². The molecule has 6 heteroatoms. The van der Waals surface area contributed by atoms with Gasteiger partial charge in [-0.2, -0.15) is 0 Å². The Bertz CT molecular complexity index is 751. The van der Waals surface area contributed by atoms with E-state index in [1.165, 1.54) is 6.20 Å². The Morgan fingerprint density at radius 2 is 1.77 bits per heavy atom. The van der Waals surface area contributed by atoms with E-state index in [4.69, 9.17) is 0 Å². The van der Waals surface area contributed by atoms with E-state index < -0.39 is 17.7 Å². The number of imide groups is 1. The Morgan fingerprint density at radius 1 is 1.14 bits per heavy atom. The van der Waals surface area contributed by atoms with Crippen LogP contribution in [0.15, 0.2) is 42.7 Å². The maximum atomic E-state index is 12.2. The Labute approximate surface area is 126 Å². The first-order chi connectivity index (χ1) is 10.6. The van der Waals surface area contributed by atoms with Crippen LogP contribution in [0.5, 0.6) is 0 Å². The molecule has 0 radical (unpaired) electrons. The number of fused-ring (bicyclic) bond motifs is 1. The number of nitrogens with one attached hydrogen (secondary N) is 1. The predicted molar refractivity (Wildman–Crippen MR) is 79.4 cm³/mol. The minimum atomic E-state index is -0.446. The van der Waals surface area contributed by atoms with Gasteiger partial charge in [-0.05, 0) is 30.7 Å². The molecule has 0 unspecified atom stereocenters. The van der Waals surface area contributed by atoms with Gasteiger partial charge < -0.3 is 5.32 Å². The van der Waals surface area contributed by atoms with Crippen molar-refractivity contribution in [2.45, 2.75) is 6.92 Å². The van der Waals surface area contributed by atoms with Crippen LogP contribution in [0.3, 0.4) is 0 Å². The van der Waals surface area contributed by atoms with Crippen molar-refractivity contribution in [1.82, 2.24) is 9.88 Å². The molecule has 3 rings (SSSR count). The van der Waals surface area contributed by atoms with Gasteiger partial charge in [0, 0.05) is 6.20 Å². The number of rotatable bonds is 3. The topological polar surface area (TPSA) is 79.4 Å². The summed E-state index contributed by atoms with van der Waals surface area (Å²) in [5.74, 6) is -1.34. The number of amides is 3. The smallest absolute Gasteiger partial charge is 0.262 e. The average Bonchev–Trinajstić information content (AvgIpc) is 2.73. The van der Waals surface area contributed by atoms with Gasteiger partial charge in [-0.1, -0.05) is 12.1 Å². The van der Waals surface area contributed by atoms with Crippen LogP contribution in [0.2, 0.25) is 0 Å². The third-order valence-electron chi connectivity index (χ3n) is 3.34. The van der Waals surface area contributed by atoms with Gasteiger partial charge in [-0.25, -0.2) is 0 Å². The number of benzene rings is 1. The van der Waals surface area contributed by atoms with Gasteiger partial charge in [0.15, 0.2) is 0 Å². The lowest BCUT2D eigenvalue weighted by molar-refractivity contribution is -0.116. The molecule has 1 N–H and O–H groups in total. The fourth-order valence-electron chi connectivity index (χ4n) is 2.35. The normalized spacial score (nSPS) is 13.2. The van der Waals surface area contributed by atoms with Crippen LogP contribution >= 0.6 is 0 Å². The van der Waals surface area contributed by atoms with Crippen molar-refractivity contribution in [2.75, 3.05) is 11.9 Å². The average molecular weight is 295 g/mol. The van der Waals surface area contributed by atoms with Gasteiger partial charge >= 0.3 is 0 Å². The van der Waals surface area contributed by atoms with Crippen LogP contribution in [-0.4, -0.2) is 34.2 Å². The second kappa shape index (κ2) is 5.40. The zero-order valence-corrected chi connectivity index (χ0v) is 11.9. The molecule has 0 aliphatic carbocycles. The van der Waals surface area contributed by atoms with Gasteiger partial charge in [-0.3, -0.25) is 24.3 Å². The molecule has 6 nitrogen and oxygen atoms in total. The highest BCUT2D eigenvalue weighted by molar-refractivity contribution is 6.22. The maximum absolute atomic E-state index is 12.2. The first kappa shape index (κ1) is 13.9. The van der Waals surface area contributed by atoms with Crippen molar-refractivity contribution in [3.8, 4) is 0 Å². The summed E-state index contributed by atoms with van der Waals surface area (Å²) in [4.78, 5) is 41.3. The minimum absolute atomic E-state index is 0.319. The quantitative estimate of drug-likeness (QED) is 0.873. The number of carbonyl (C=O) groups is 3. The second-order valence-corrected chi connectivity index (χ2v) is 5.04. The summed E-state index contributed by atoms with van der Waals surface area (Å²) in [6.45, 7) is 1.53. The minimum Gasteiger partial charge on any atom is -0.323 e. The first-order valence-corrected chi connectivity index (χ1v) is 6.73. The van der Waals surface area contributed by atoms with Crippen molar-refractivity contribution in [3.63, 3.8) is 0 Å². The SMILES string of the molecule is Cc1cncc(NC(=O)CN2C(=O)c3ccccc3C2=O)c1. The van der Waals surface area contributed by atoms with Crippen molar-refractivity contribution in [1.29, 1.82) is 0 Å². The van der Waals surface area contributed by atoms with E-state index >= 15 is 0 Å². The largest absolute Gasteiger partial charge is 0.323 e. The molecule has 0 fully saturated rings. The summed E-state index contributed by atoms with van der Waals surface area (Å²) in [5, 5.41) is 2.63. The van der Waals surface area contributed by atoms with E-state index in [1.54, 1.807) is 36.5 Å². The predicted octanol–water partition coefficient (Wildman–Crippen LogP) is 1.62. The van der Waals surface area contributed by atoms with Crippen molar-refractivity contribution in [3.05, 3.63) is 59.4 Å². The Morgan fingerprint density at radius 3 is 2.36 bits per heavy atom. The monoisotopic (exact) mass is 295 g/mol. The number of nitrogens with zero attached hydrogens (tertiary/aromatic N) is 2. The summed E-state index contributed by atoms with van der Waals surface area (Å²) < 4.78 is 0. The van der Waals surface area contributed by atoms with Crippen LogP contribution in [0.1, 0.15) is 26.3 Å². The molecule has 0 bridgehead atoms. The number of aryl methyl sites for hydroxylation is 1. The number of carbonyl (C=O) groups excluding carboxylic acids is 3. The zero-order chi connectivity index (χ0) is 15.7. The standard InChI is InChI=1S/C16H13N3O3/c1-10-6-11(8-17-7-10)18-14(20)9-19-15(21)12-4-2-3-5-13(12)16(19)22/h2-8H,9H2,1H3,(H,18,20). The maximum Gasteiger partial charge on any atom is 0.262 e. The molecular formula is C16H13N3O3. The summed E-state index contributed by atoms with van der Waals surface area (Å²) in [7, 11) is 0. The summed E-state index contributed by atoms with van der Waals surface area (Å²) in [5.41, 5.74) is 2.09. The molecule has 1 aliphatic heterocycles. The molecule has 0 saturated carbocycles. The summed E-state index contributed by atoms with van der Waals surface area (Å²) in [6.07, 6.45) is 3.17. The molecule has 110 valence electrons. The van der Waals surface area contributed by atoms with E-state index in [0.29, 0.717) is 16.8 Å². The summed E-state index contributed by atoms with van der Waals surface area (Å²) in [6, 6.07) is 8.29. The second-order valence-electron chi connectivity index (χ2n) is 5.04. The van der Waals surface area contributed by atoms with Crippen molar-refractivity contribution >= 4 is 23.4 Å². The molecule has 0 spiro atoms. The van der Waals surface area contributed by atoms with E-state index in [2.05, 4.69) is 10.3 Å². The first-order valence-electron chi connectivity index (χ1n) is 6.73. The van der Waals surface area contributed by atoms with Crippen LogP contribution in [-0.2, 0) is 4.79 Å². The lowest BCUT2D eigenvalue weighted by atomic mass is 10.1. The lowest BCUT2D eigenvalue weighted by Crippen LogP contribution is -2.37. The van der Waals surface area contributed by atoms with Gasteiger partial charge in [0.1, 0.15) is 6.54 Å². The van der Waals surface area contributed by atoms with E-state index in [9.17, 15) is 14.4 Å². The highest BCUT2D eigenvalue weighted by Crippen LogP contribution is 2.22. The molecule has 0 saturated heterocycles. The van der Waals surface area contributed by atoms with Crippen LogP contribution in [0.4, 0.5) is 5.69 Å². The van der Waals surface area contributed by atoms with Gasteiger partial charge in [0.25, 0.3) is 11.8 Å². The van der Waals surface area contributed by atoms with Crippen LogP contribution in [0.25, 0.3) is 0 Å². The number of aromatic nitrogens is 1. The van der Waals surface area contributed by atoms with E-state index in [-0.39, 0.29) is 6.54 Å². The Hall–Kier alpha value is -3.02. The van der Waals surface area contributed by atoms with Gasteiger partial charge in [0.2, 0.25) is 5.91 Å². The number of anilines is 1. The molecule has 1 aliphatic rings. The fraction of sp³-hybridized carbons (Fsp3) is 0.125. The molecule has 22 heavy (non-hydrogen) atoms. The lowest BCUT2D eigenvalue weighted by Gasteiger charge is -2.13. The van der Waals surface area contributed by atoms with Crippen molar-refractivity contribution in [2.24, 2.45) is 0 Å². The third-order valence-corrected chi connectivity index (χ3v) is 3.34. The van der Waals surface area contributed by atoms with Crippen LogP contribution in [0, 0.1) is 6.92 Å². The number of pyridine rings is 1. The Balaban J connectivity index is 1.73. The summed E-state index contributed by atoms with van der Waals surface area (Å²) >= 11 is 0. The molecule has 0 atom stereocenters. The molecule has 1 aromatic heterocycles. The third kappa shape index (κ3) is 2.46. The van der Waals surface area contributed by atoms with E-state index in [0.717, 1.165) is 10.5 Å². The number of hydrogen-bond donors (Lipinski definition) is 1. The molecule has 2 heterocycles. The zero-order valence-electron chi connectivity index (χ0n) is 11.9.